The van der Waals surface area contributed by atoms with Gasteiger partial charge in [0.2, 0.25) is 5.89 Å². The fraction of sp³-hybridized carbons (Fsp3) is 0.333. The molecule has 7 heteroatoms. The molecule has 0 radical (unpaired) electrons. The van der Waals surface area contributed by atoms with Crippen LogP contribution in [0.2, 0.25) is 5.02 Å². The van der Waals surface area contributed by atoms with E-state index in [2.05, 4.69) is 15.5 Å². The van der Waals surface area contributed by atoms with Gasteiger partial charge in [-0.05, 0) is 0 Å². The molecule has 1 aromatic carbocycles. The van der Waals surface area contributed by atoms with Gasteiger partial charge in [0, 0.05) is 19.1 Å². The summed E-state index contributed by atoms with van der Waals surface area (Å²) >= 11 is 6.03. The lowest BCUT2D eigenvalue weighted by Gasteiger charge is -2.12. The fourth-order valence-corrected chi connectivity index (χ4v) is 1.82. The number of hydrogen-bond acceptors (Lipinski definition) is 6. The zero-order valence-electron chi connectivity index (χ0n) is 10.9. The van der Waals surface area contributed by atoms with Crippen LogP contribution in [-0.4, -0.2) is 24.4 Å². The van der Waals surface area contributed by atoms with Crippen molar-refractivity contribution in [1.29, 1.82) is 0 Å². The Morgan fingerprint density at radius 2 is 2.00 bits per heavy atom. The van der Waals surface area contributed by atoms with Crippen molar-refractivity contribution in [2.45, 2.75) is 13.5 Å². The van der Waals surface area contributed by atoms with Crippen LogP contribution in [0, 0.1) is 6.92 Å². The Bertz CT molecular complexity index is 571. The van der Waals surface area contributed by atoms with Crippen LogP contribution >= 0.6 is 11.6 Å². The van der Waals surface area contributed by atoms with Crippen molar-refractivity contribution in [3.05, 3.63) is 28.9 Å². The van der Waals surface area contributed by atoms with Crippen LogP contribution < -0.4 is 14.8 Å². The zero-order chi connectivity index (χ0) is 13.8. The van der Waals surface area contributed by atoms with E-state index in [1.807, 2.05) is 0 Å². The molecule has 0 aliphatic rings. The Balaban J connectivity index is 2.18. The van der Waals surface area contributed by atoms with Crippen molar-refractivity contribution >= 4 is 17.3 Å². The van der Waals surface area contributed by atoms with Crippen LogP contribution in [0.15, 0.2) is 16.7 Å². The largest absolute Gasteiger partial charge is 0.495 e. The molecule has 0 saturated heterocycles. The summed E-state index contributed by atoms with van der Waals surface area (Å²) in [5, 5.41) is 7.43. The van der Waals surface area contributed by atoms with Gasteiger partial charge in [-0.15, -0.1) is 0 Å². The highest BCUT2D eigenvalue weighted by Crippen LogP contribution is 2.35. The minimum atomic E-state index is 0.415. The minimum absolute atomic E-state index is 0.415. The normalized spacial score (nSPS) is 10.3. The van der Waals surface area contributed by atoms with E-state index in [9.17, 15) is 0 Å². The zero-order valence-corrected chi connectivity index (χ0v) is 11.6. The summed E-state index contributed by atoms with van der Waals surface area (Å²) in [6.45, 7) is 2.15. The molecule has 6 nitrogen and oxygen atoms in total. The SMILES string of the molecule is COc1cc(NCc2noc(C)n2)c(OC)cc1Cl. The summed E-state index contributed by atoms with van der Waals surface area (Å²) in [6.07, 6.45) is 0. The first-order chi connectivity index (χ1) is 9.13. The van der Waals surface area contributed by atoms with E-state index in [4.69, 9.17) is 25.6 Å². The Hall–Kier alpha value is -1.95. The molecule has 2 rings (SSSR count). The van der Waals surface area contributed by atoms with Gasteiger partial charge < -0.3 is 19.3 Å². The molecule has 0 atom stereocenters. The minimum Gasteiger partial charge on any atom is -0.495 e. The summed E-state index contributed by atoms with van der Waals surface area (Å²) < 4.78 is 15.3. The molecule has 2 aromatic rings. The molecule has 1 N–H and O–H groups in total. The van der Waals surface area contributed by atoms with E-state index in [-0.39, 0.29) is 0 Å². The van der Waals surface area contributed by atoms with Crippen molar-refractivity contribution in [2.75, 3.05) is 19.5 Å². The van der Waals surface area contributed by atoms with Crippen molar-refractivity contribution in [3.63, 3.8) is 0 Å². The smallest absolute Gasteiger partial charge is 0.223 e. The van der Waals surface area contributed by atoms with Gasteiger partial charge in [0.05, 0.1) is 31.5 Å². The van der Waals surface area contributed by atoms with Gasteiger partial charge in [-0.1, -0.05) is 16.8 Å². The van der Waals surface area contributed by atoms with Gasteiger partial charge in [0.15, 0.2) is 5.82 Å². The number of benzene rings is 1. The van der Waals surface area contributed by atoms with Gasteiger partial charge in [-0.25, -0.2) is 0 Å². The lowest BCUT2D eigenvalue weighted by molar-refractivity contribution is 0.388. The third-order valence-electron chi connectivity index (χ3n) is 2.48. The van der Waals surface area contributed by atoms with Gasteiger partial charge in [0.1, 0.15) is 11.5 Å². The predicted octanol–water partition coefficient (Wildman–Crippen LogP) is 2.66. The summed E-state index contributed by atoms with van der Waals surface area (Å²) in [4.78, 5) is 4.10. The first kappa shape index (κ1) is 13.5. The summed E-state index contributed by atoms with van der Waals surface area (Å²) in [7, 11) is 3.13. The van der Waals surface area contributed by atoms with Crippen molar-refractivity contribution < 1.29 is 14.0 Å². The standard InChI is InChI=1S/C12H14ClN3O3/c1-7-15-12(16-19-7)6-14-9-5-10(17-2)8(13)4-11(9)18-3/h4-5,14H,6H2,1-3H3. The first-order valence-electron chi connectivity index (χ1n) is 5.58. The van der Waals surface area contributed by atoms with Crippen LogP contribution in [0.4, 0.5) is 5.69 Å². The highest BCUT2D eigenvalue weighted by Gasteiger charge is 2.10. The molecule has 1 heterocycles. The number of nitrogens with one attached hydrogen (secondary N) is 1. The van der Waals surface area contributed by atoms with E-state index in [0.29, 0.717) is 34.8 Å². The number of halogens is 1. The van der Waals surface area contributed by atoms with Crippen molar-refractivity contribution in [3.8, 4) is 11.5 Å². The third kappa shape index (κ3) is 3.08. The topological polar surface area (TPSA) is 69.4 Å². The van der Waals surface area contributed by atoms with E-state index in [1.54, 1.807) is 33.3 Å². The first-order valence-corrected chi connectivity index (χ1v) is 5.96. The van der Waals surface area contributed by atoms with E-state index >= 15 is 0 Å². The molecule has 0 spiro atoms. The third-order valence-corrected chi connectivity index (χ3v) is 2.78. The highest BCUT2D eigenvalue weighted by atomic mass is 35.5. The molecular weight excluding hydrogens is 270 g/mol. The number of methoxy groups -OCH3 is 2. The van der Waals surface area contributed by atoms with Gasteiger partial charge >= 0.3 is 0 Å². The fourth-order valence-electron chi connectivity index (χ4n) is 1.59. The van der Waals surface area contributed by atoms with Crippen molar-refractivity contribution in [1.82, 2.24) is 10.1 Å². The monoisotopic (exact) mass is 283 g/mol. The summed E-state index contributed by atoms with van der Waals surface area (Å²) in [5.74, 6) is 2.27. The molecule has 0 aliphatic heterocycles. The molecule has 0 fully saturated rings. The van der Waals surface area contributed by atoms with E-state index in [0.717, 1.165) is 5.69 Å². The number of aromatic nitrogens is 2. The van der Waals surface area contributed by atoms with Gasteiger partial charge in [-0.3, -0.25) is 0 Å². The Morgan fingerprint density at radius 1 is 1.26 bits per heavy atom. The van der Waals surface area contributed by atoms with Crippen LogP contribution in [0.3, 0.4) is 0 Å². The number of rotatable bonds is 5. The maximum absolute atomic E-state index is 6.03. The second-order valence-electron chi connectivity index (χ2n) is 3.77. The number of anilines is 1. The number of nitrogens with zero attached hydrogens (tertiary/aromatic N) is 2. The molecule has 0 amide bonds. The van der Waals surface area contributed by atoms with Crippen LogP contribution in [-0.2, 0) is 6.54 Å². The average molecular weight is 284 g/mol. The van der Waals surface area contributed by atoms with Crippen molar-refractivity contribution in [2.24, 2.45) is 0 Å². The highest BCUT2D eigenvalue weighted by molar-refractivity contribution is 6.32. The lowest BCUT2D eigenvalue weighted by atomic mass is 10.2. The molecule has 102 valence electrons. The van der Waals surface area contributed by atoms with Crippen LogP contribution in [0.25, 0.3) is 0 Å². The Labute approximate surface area is 115 Å². The lowest BCUT2D eigenvalue weighted by Crippen LogP contribution is -2.03. The Kier molecular flexibility index (Phi) is 4.11. The number of ether oxygens (including phenoxy) is 2. The summed E-state index contributed by atoms with van der Waals surface area (Å²) in [6, 6.07) is 3.44. The van der Waals surface area contributed by atoms with E-state index in [1.165, 1.54) is 0 Å². The molecular formula is C12H14ClN3O3. The molecule has 0 bridgehead atoms. The second kappa shape index (κ2) is 5.79. The molecule has 0 unspecified atom stereocenters. The summed E-state index contributed by atoms with van der Waals surface area (Å²) in [5.41, 5.74) is 0.742. The number of aryl methyl sites for hydroxylation is 1. The second-order valence-corrected chi connectivity index (χ2v) is 4.18. The van der Waals surface area contributed by atoms with Gasteiger partial charge in [0.25, 0.3) is 0 Å². The maximum Gasteiger partial charge on any atom is 0.223 e. The average Bonchev–Trinajstić information content (AvgIpc) is 2.82. The molecule has 0 saturated carbocycles. The van der Waals surface area contributed by atoms with Crippen LogP contribution in [0.5, 0.6) is 11.5 Å². The van der Waals surface area contributed by atoms with Gasteiger partial charge in [-0.2, -0.15) is 4.98 Å². The molecule has 1 aromatic heterocycles. The predicted molar refractivity (Wildman–Crippen MR) is 70.9 cm³/mol. The maximum atomic E-state index is 6.03. The number of hydrogen-bond donors (Lipinski definition) is 1. The Morgan fingerprint density at radius 3 is 2.58 bits per heavy atom. The molecule has 19 heavy (non-hydrogen) atoms. The van der Waals surface area contributed by atoms with Crippen LogP contribution in [0.1, 0.15) is 11.7 Å². The van der Waals surface area contributed by atoms with E-state index < -0.39 is 0 Å². The quantitative estimate of drug-likeness (QED) is 0.910. The molecule has 0 aliphatic carbocycles.